The van der Waals surface area contributed by atoms with Gasteiger partial charge in [-0.1, -0.05) is 27.7 Å². The second-order valence-electron chi connectivity index (χ2n) is 9.94. The maximum absolute atomic E-state index is 12.9. The Balaban J connectivity index is 1.57. The Morgan fingerprint density at radius 1 is 1.00 bits per heavy atom. The van der Waals surface area contributed by atoms with E-state index in [-0.39, 0.29) is 22.6 Å². The topological polar surface area (TPSA) is 86.8 Å². The lowest BCUT2D eigenvalue weighted by Crippen LogP contribution is -2.45. The summed E-state index contributed by atoms with van der Waals surface area (Å²) >= 11 is 0. The number of rotatable bonds is 4. The van der Waals surface area contributed by atoms with Crippen LogP contribution in [0.1, 0.15) is 53.4 Å². The minimum Gasteiger partial charge on any atom is -0.342 e. The normalized spacial score (nSPS) is 21.7. The molecule has 0 aromatic heterocycles. The Kier molecular flexibility index (Phi) is 7.11. The SMILES string of the molecule is C[C@@H]1CCCN(S(=O)(=O)c2ccc(NC(=O)C3CCN(C(=O)C(C)(C)C)CC3)cc2)C1. The van der Waals surface area contributed by atoms with Gasteiger partial charge in [-0.05, 0) is 55.9 Å². The van der Waals surface area contributed by atoms with Gasteiger partial charge in [0.25, 0.3) is 0 Å². The summed E-state index contributed by atoms with van der Waals surface area (Å²) in [4.78, 5) is 27.2. The average molecular weight is 450 g/mol. The van der Waals surface area contributed by atoms with Crippen LogP contribution >= 0.6 is 0 Å². The average Bonchev–Trinajstić information content (AvgIpc) is 2.73. The predicted octanol–water partition coefficient (Wildman–Crippen LogP) is 3.33. The summed E-state index contributed by atoms with van der Waals surface area (Å²) in [7, 11) is -3.50. The molecule has 2 aliphatic rings. The molecular formula is C23H35N3O4S. The molecule has 3 rings (SSSR count). The third-order valence-corrected chi connectivity index (χ3v) is 8.05. The second-order valence-corrected chi connectivity index (χ2v) is 11.9. The minimum atomic E-state index is -3.50. The maximum atomic E-state index is 12.9. The van der Waals surface area contributed by atoms with E-state index in [0.717, 1.165) is 12.8 Å². The van der Waals surface area contributed by atoms with Crippen molar-refractivity contribution < 1.29 is 18.0 Å². The standard InChI is InChI=1S/C23H35N3O4S/c1-17-6-5-13-26(16-17)31(29,30)20-9-7-19(8-10-20)24-21(27)18-11-14-25(15-12-18)22(28)23(2,3)4/h7-10,17-18H,5-6,11-16H2,1-4H3,(H,24,27)/t17-/m1/s1. The first-order valence-corrected chi connectivity index (χ1v) is 12.6. The lowest BCUT2D eigenvalue weighted by Gasteiger charge is -2.35. The number of nitrogens with zero attached hydrogens (tertiary/aromatic N) is 2. The molecule has 172 valence electrons. The Bertz CT molecular complexity index is 898. The van der Waals surface area contributed by atoms with E-state index in [2.05, 4.69) is 12.2 Å². The zero-order valence-electron chi connectivity index (χ0n) is 19.1. The van der Waals surface area contributed by atoms with E-state index >= 15 is 0 Å². The molecule has 0 aliphatic carbocycles. The Morgan fingerprint density at radius 2 is 1.61 bits per heavy atom. The Morgan fingerprint density at radius 3 is 2.16 bits per heavy atom. The molecule has 8 heteroatoms. The zero-order valence-corrected chi connectivity index (χ0v) is 19.9. The van der Waals surface area contributed by atoms with E-state index in [1.165, 1.54) is 0 Å². The van der Waals surface area contributed by atoms with Gasteiger partial charge in [0.15, 0.2) is 0 Å². The fraction of sp³-hybridized carbons (Fsp3) is 0.652. The molecule has 2 fully saturated rings. The summed E-state index contributed by atoms with van der Waals surface area (Å²) in [5, 5.41) is 2.90. The van der Waals surface area contributed by atoms with E-state index < -0.39 is 15.4 Å². The maximum Gasteiger partial charge on any atom is 0.243 e. The van der Waals surface area contributed by atoms with Crippen LogP contribution in [0.3, 0.4) is 0 Å². The molecule has 1 aromatic carbocycles. The number of hydrogen-bond acceptors (Lipinski definition) is 4. The van der Waals surface area contributed by atoms with Crippen molar-refractivity contribution in [3.05, 3.63) is 24.3 Å². The van der Waals surface area contributed by atoms with Gasteiger partial charge in [-0.15, -0.1) is 0 Å². The largest absolute Gasteiger partial charge is 0.342 e. The van der Waals surface area contributed by atoms with E-state index in [1.54, 1.807) is 28.6 Å². The zero-order chi connectivity index (χ0) is 22.8. The van der Waals surface area contributed by atoms with Gasteiger partial charge >= 0.3 is 0 Å². The van der Waals surface area contributed by atoms with Crippen LogP contribution in [0.2, 0.25) is 0 Å². The van der Waals surface area contributed by atoms with Gasteiger partial charge < -0.3 is 10.2 Å². The quantitative estimate of drug-likeness (QED) is 0.764. The molecule has 0 radical (unpaired) electrons. The highest BCUT2D eigenvalue weighted by Crippen LogP contribution is 2.26. The van der Waals surface area contributed by atoms with Crippen molar-refractivity contribution in [2.45, 2.75) is 58.3 Å². The van der Waals surface area contributed by atoms with E-state index in [0.29, 0.717) is 50.6 Å². The highest BCUT2D eigenvalue weighted by Gasteiger charge is 2.32. The fourth-order valence-corrected chi connectivity index (χ4v) is 5.89. The lowest BCUT2D eigenvalue weighted by atomic mass is 9.90. The number of carbonyl (C=O) groups is 2. The van der Waals surface area contributed by atoms with Crippen LogP contribution in [-0.2, 0) is 19.6 Å². The van der Waals surface area contributed by atoms with E-state index in [9.17, 15) is 18.0 Å². The first-order valence-electron chi connectivity index (χ1n) is 11.2. The molecule has 0 bridgehead atoms. The summed E-state index contributed by atoms with van der Waals surface area (Å²) in [6.45, 7) is 10.1. The van der Waals surface area contributed by atoms with Crippen molar-refractivity contribution in [3.8, 4) is 0 Å². The molecule has 2 saturated heterocycles. The van der Waals surface area contributed by atoms with Crippen LogP contribution in [0.25, 0.3) is 0 Å². The summed E-state index contributed by atoms with van der Waals surface area (Å²) in [5.41, 5.74) is 0.174. The molecule has 2 heterocycles. The van der Waals surface area contributed by atoms with Crippen LogP contribution in [0.15, 0.2) is 29.2 Å². The van der Waals surface area contributed by atoms with Gasteiger partial charge in [0.1, 0.15) is 0 Å². The third kappa shape index (κ3) is 5.66. The Hall–Kier alpha value is -1.93. The Labute approximate surface area is 186 Å². The minimum absolute atomic E-state index is 0.0803. The number of amides is 2. The smallest absolute Gasteiger partial charge is 0.243 e. The second kappa shape index (κ2) is 9.28. The van der Waals surface area contributed by atoms with Crippen LogP contribution in [-0.4, -0.2) is 55.6 Å². The highest BCUT2D eigenvalue weighted by molar-refractivity contribution is 7.89. The first-order chi connectivity index (χ1) is 14.5. The molecule has 1 N–H and O–H groups in total. The van der Waals surface area contributed by atoms with Crippen molar-refractivity contribution >= 4 is 27.5 Å². The highest BCUT2D eigenvalue weighted by atomic mass is 32.2. The van der Waals surface area contributed by atoms with Gasteiger partial charge in [-0.3, -0.25) is 9.59 Å². The molecule has 0 unspecified atom stereocenters. The van der Waals surface area contributed by atoms with Crippen molar-refractivity contribution in [2.75, 3.05) is 31.5 Å². The number of sulfonamides is 1. The van der Waals surface area contributed by atoms with E-state index in [4.69, 9.17) is 0 Å². The summed E-state index contributed by atoms with van der Waals surface area (Å²) in [5.74, 6) is 0.254. The fourth-order valence-electron chi connectivity index (χ4n) is 4.29. The van der Waals surface area contributed by atoms with Crippen LogP contribution in [0, 0.1) is 17.3 Å². The van der Waals surface area contributed by atoms with Crippen LogP contribution < -0.4 is 5.32 Å². The van der Waals surface area contributed by atoms with Crippen molar-refractivity contribution in [2.24, 2.45) is 17.3 Å². The van der Waals surface area contributed by atoms with Crippen molar-refractivity contribution in [1.29, 1.82) is 0 Å². The number of carbonyl (C=O) groups excluding carboxylic acids is 2. The monoisotopic (exact) mass is 449 g/mol. The van der Waals surface area contributed by atoms with Crippen molar-refractivity contribution in [3.63, 3.8) is 0 Å². The number of hydrogen-bond donors (Lipinski definition) is 1. The van der Waals surface area contributed by atoms with Gasteiger partial charge in [0.2, 0.25) is 21.8 Å². The van der Waals surface area contributed by atoms with Gasteiger partial charge in [0.05, 0.1) is 4.90 Å². The summed E-state index contributed by atoms with van der Waals surface area (Å²) in [6, 6.07) is 6.43. The lowest BCUT2D eigenvalue weighted by molar-refractivity contribution is -0.142. The number of anilines is 1. The predicted molar refractivity (Wildman–Crippen MR) is 121 cm³/mol. The third-order valence-electron chi connectivity index (χ3n) is 6.17. The summed E-state index contributed by atoms with van der Waals surface area (Å²) < 4.78 is 27.3. The number of piperidine rings is 2. The molecule has 1 atom stereocenters. The number of likely N-dealkylation sites (tertiary alicyclic amines) is 1. The van der Waals surface area contributed by atoms with Gasteiger partial charge in [-0.2, -0.15) is 4.31 Å². The number of benzene rings is 1. The van der Waals surface area contributed by atoms with Crippen molar-refractivity contribution in [1.82, 2.24) is 9.21 Å². The van der Waals surface area contributed by atoms with Crippen LogP contribution in [0.4, 0.5) is 5.69 Å². The van der Waals surface area contributed by atoms with Gasteiger partial charge in [0, 0.05) is 43.2 Å². The molecule has 0 spiro atoms. The number of nitrogens with one attached hydrogen (secondary N) is 1. The molecule has 2 aliphatic heterocycles. The molecule has 2 amide bonds. The molecule has 31 heavy (non-hydrogen) atoms. The summed E-state index contributed by atoms with van der Waals surface area (Å²) in [6.07, 6.45) is 3.20. The van der Waals surface area contributed by atoms with Gasteiger partial charge in [-0.25, -0.2) is 8.42 Å². The first kappa shape index (κ1) is 23.7. The molecular weight excluding hydrogens is 414 g/mol. The van der Waals surface area contributed by atoms with Crippen LogP contribution in [0.5, 0.6) is 0 Å². The molecule has 7 nitrogen and oxygen atoms in total. The molecule has 0 saturated carbocycles. The molecule has 1 aromatic rings. The van der Waals surface area contributed by atoms with E-state index in [1.807, 2.05) is 25.7 Å².